The van der Waals surface area contributed by atoms with Crippen molar-refractivity contribution in [2.45, 2.75) is 39.0 Å². The van der Waals surface area contributed by atoms with Crippen LogP contribution in [0.2, 0.25) is 0 Å². The summed E-state index contributed by atoms with van der Waals surface area (Å²) < 4.78 is 0. The summed E-state index contributed by atoms with van der Waals surface area (Å²) >= 11 is 0. The second-order valence-corrected chi connectivity index (χ2v) is 6.62. The van der Waals surface area contributed by atoms with Crippen molar-refractivity contribution in [3.05, 3.63) is 29.8 Å². The van der Waals surface area contributed by atoms with E-state index in [2.05, 4.69) is 31.4 Å². The molecule has 2 N–H and O–H groups in total. The molecule has 0 aliphatic heterocycles. The molecular formula is C16H22N2O2. The number of hydrogen-bond donors (Lipinski definition) is 2. The summed E-state index contributed by atoms with van der Waals surface area (Å²) in [6.45, 7) is 6.87. The van der Waals surface area contributed by atoms with Crippen molar-refractivity contribution in [3.63, 3.8) is 0 Å². The number of benzene rings is 1. The average molecular weight is 274 g/mol. The fraction of sp³-hybridized carbons (Fsp3) is 0.500. The lowest BCUT2D eigenvalue weighted by Gasteiger charge is -2.19. The maximum Gasteiger partial charge on any atom is 0.319 e. The minimum Gasteiger partial charge on any atom is -0.337 e. The second kappa shape index (κ2) is 5.27. The van der Waals surface area contributed by atoms with E-state index in [0.29, 0.717) is 6.54 Å². The van der Waals surface area contributed by atoms with Gasteiger partial charge < -0.3 is 15.4 Å². The molecule has 1 saturated carbocycles. The van der Waals surface area contributed by atoms with Crippen LogP contribution in [0, 0.1) is 5.41 Å². The van der Waals surface area contributed by atoms with E-state index in [1.807, 2.05) is 24.3 Å². The molecular weight excluding hydrogens is 252 g/mol. The van der Waals surface area contributed by atoms with Crippen LogP contribution in [0.25, 0.3) is 0 Å². The summed E-state index contributed by atoms with van der Waals surface area (Å²) in [5.74, 6) is 0. The van der Waals surface area contributed by atoms with Crippen LogP contribution in [-0.4, -0.2) is 18.9 Å². The van der Waals surface area contributed by atoms with Crippen LogP contribution in [0.15, 0.2) is 24.3 Å². The van der Waals surface area contributed by atoms with E-state index < -0.39 is 0 Å². The summed E-state index contributed by atoms with van der Waals surface area (Å²) in [4.78, 5) is 22.6. The fourth-order valence-corrected chi connectivity index (χ4v) is 1.98. The van der Waals surface area contributed by atoms with Gasteiger partial charge in [-0.15, -0.1) is 0 Å². The van der Waals surface area contributed by atoms with Gasteiger partial charge in [-0.05, 0) is 36.0 Å². The molecule has 4 nitrogen and oxygen atoms in total. The number of aldehydes is 1. The molecule has 0 heterocycles. The Morgan fingerprint density at radius 2 is 1.85 bits per heavy atom. The molecule has 0 spiro atoms. The average Bonchev–Trinajstić information content (AvgIpc) is 3.17. The first-order valence-corrected chi connectivity index (χ1v) is 6.96. The molecule has 4 heteroatoms. The zero-order valence-corrected chi connectivity index (χ0v) is 12.3. The quantitative estimate of drug-likeness (QED) is 0.829. The molecule has 0 unspecified atom stereocenters. The highest BCUT2D eigenvalue weighted by molar-refractivity contribution is 5.89. The van der Waals surface area contributed by atoms with Crippen molar-refractivity contribution in [2.75, 3.05) is 11.9 Å². The normalized spacial score (nSPS) is 16.4. The second-order valence-electron chi connectivity index (χ2n) is 6.62. The van der Waals surface area contributed by atoms with E-state index in [4.69, 9.17) is 0 Å². The van der Waals surface area contributed by atoms with Gasteiger partial charge in [-0.1, -0.05) is 32.9 Å². The van der Waals surface area contributed by atoms with Crippen LogP contribution in [0.1, 0.15) is 39.2 Å². The number of carbonyl (C=O) groups is 2. The number of urea groups is 1. The monoisotopic (exact) mass is 274 g/mol. The third kappa shape index (κ3) is 3.59. The van der Waals surface area contributed by atoms with Gasteiger partial charge in [-0.2, -0.15) is 0 Å². The highest BCUT2D eigenvalue weighted by Gasteiger charge is 2.42. The van der Waals surface area contributed by atoms with Gasteiger partial charge in [-0.3, -0.25) is 0 Å². The molecule has 0 aromatic heterocycles. The van der Waals surface area contributed by atoms with Crippen molar-refractivity contribution in [1.29, 1.82) is 0 Å². The molecule has 0 atom stereocenters. The van der Waals surface area contributed by atoms with Crippen molar-refractivity contribution < 1.29 is 9.59 Å². The Labute approximate surface area is 119 Å². The first kappa shape index (κ1) is 14.6. The molecule has 0 saturated heterocycles. The SMILES string of the molecule is CC(C)(C)c1ccc(NC(=O)NCC2(C=O)CC2)cc1. The van der Waals surface area contributed by atoms with E-state index in [-0.39, 0.29) is 16.9 Å². The molecule has 1 fully saturated rings. The maximum atomic E-state index is 11.7. The van der Waals surface area contributed by atoms with Crippen molar-refractivity contribution >= 4 is 18.0 Å². The van der Waals surface area contributed by atoms with Gasteiger partial charge in [-0.25, -0.2) is 4.79 Å². The molecule has 2 amide bonds. The molecule has 0 radical (unpaired) electrons. The number of hydrogen-bond acceptors (Lipinski definition) is 2. The largest absolute Gasteiger partial charge is 0.337 e. The molecule has 1 aliphatic rings. The minimum atomic E-state index is -0.298. The van der Waals surface area contributed by atoms with Gasteiger partial charge in [0, 0.05) is 17.6 Å². The third-order valence-corrected chi connectivity index (χ3v) is 3.75. The molecule has 20 heavy (non-hydrogen) atoms. The smallest absolute Gasteiger partial charge is 0.319 e. The van der Waals surface area contributed by atoms with Crippen LogP contribution in [0.3, 0.4) is 0 Å². The summed E-state index contributed by atoms with van der Waals surface area (Å²) in [6, 6.07) is 7.56. The van der Waals surface area contributed by atoms with Gasteiger partial charge >= 0.3 is 6.03 Å². The highest BCUT2D eigenvalue weighted by atomic mass is 16.2. The predicted octanol–water partition coefficient (Wildman–Crippen LogP) is 3.08. The number of anilines is 1. The fourth-order valence-electron chi connectivity index (χ4n) is 1.98. The minimum absolute atomic E-state index is 0.100. The summed E-state index contributed by atoms with van der Waals surface area (Å²) in [7, 11) is 0. The Morgan fingerprint density at radius 1 is 1.25 bits per heavy atom. The summed E-state index contributed by atoms with van der Waals surface area (Å²) in [5, 5.41) is 5.53. The van der Waals surface area contributed by atoms with E-state index >= 15 is 0 Å². The third-order valence-electron chi connectivity index (χ3n) is 3.75. The van der Waals surface area contributed by atoms with Crippen molar-refractivity contribution in [3.8, 4) is 0 Å². The first-order valence-electron chi connectivity index (χ1n) is 6.96. The van der Waals surface area contributed by atoms with Crippen molar-refractivity contribution in [2.24, 2.45) is 5.41 Å². The van der Waals surface area contributed by atoms with E-state index in [1.54, 1.807) is 0 Å². The van der Waals surface area contributed by atoms with Gasteiger partial charge in [0.25, 0.3) is 0 Å². The molecule has 108 valence electrons. The zero-order valence-electron chi connectivity index (χ0n) is 12.3. The molecule has 1 aliphatic carbocycles. The Hall–Kier alpha value is -1.84. The number of carbonyl (C=O) groups excluding carboxylic acids is 2. The van der Waals surface area contributed by atoms with Crippen LogP contribution >= 0.6 is 0 Å². The number of amides is 2. The predicted molar refractivity (Wildman–Crippen MR) is 79.9 cm³/mol. The van der Waals surface area contributed by atoms with E-state index in [1.165, 1.54) is 5.56 Å². The van der Waals surface area contributed by atoms with Crippen LogP contribution in [0.5, 0.6) is 0 Å². The topological polar surface area (TPSA) is 58.2 Å². The van der Waals surface area contributed by atoms with E-state index in [9.17, 15) is 9.59 Å². The summed E-state index contributed by atoms with van der Waals surface area (Å²) in [6.07, 6.45) is 2.69. The van der Waals surface area contributed by atoms with Crippen LogP contribution < -0.4 is 10.6 Å². The lowest BCUT2D eigenvalue weighted by atomic mass is 9.87. The molecule has 1 aromatic carbocycles. The van der Waals surface area contributed by atoms with Gasteiger partial charge in [0.1, 0.15) is 6.29 Å². The maximum absolute atomic E-state index is 11.7. The Morgan fingerprint density at radius 3 is 2.30 bits per heavy atom. The van der Waals surface area contributed by atoms with Gasteiger partial charge in [0.2, 0.25) is 0 Å². The number of rotatable bonds is 4. The Kier molecular flexibility index (Phi) is 3.84. The van der Waals surface area contributed by atoms with Crippen molar-refractivity contribution in [1.82, 2.24) is 5.32 Å². The van der Waals surface area contributed by atoms with E-state index in [0.717, 1.165) is 24.8 Å². The first-order chi connectivity index (χ1) is 9.35. The zero-order chi connectivity index (χ0) is 14.8. The molecule has 0 bridgehead atoms. The van der Waals surface area contributed by atoms with Gasteiger partial charge in [0.15, 0.2) is 0 Å². The Balaban J connectivity index is 1.86. The van der Waals surface area contributed by atoms with Crippen LogP contribution in [-0.2, 0) is 10.2 Å². The highest BCUT2D eigenvalue weighted by Crippen LogP contribution is 2.42. The Bertz CT molecular complexity index is 496. The molecule has 2 rings (SSSR count). The van der Waals surface area contributed by atoms with Gasteiger partial charge in [0.05, 0.1) is 0 Å². The number of nitrogens with one attached hydrogen (secondary N) is 2. The lowest BCUT2D eigenvalue weighted by molar-refractivity contribution is -0.111. The molecule has 1 aromatic rings. The standard InChI is InChI=1S/C16H22N2O2/c1-15(2,3)12-4-6-13(7-5-12)18-14(20)17-10-16(11-19)8-9-16/h4-7,11H,8-10H2,1-3H3,(H2,17,18,20). The van der Waals surface area contributed by atoms with Crippen LogP contribution in [0.4, 0.5) is 10.5 Å². The lowest BCUT2D eigenvalue weighted by Crippen LogP contribution is -2.34. The summed E-state index contributed by atoms with van der Waals surface area (Å²) in [5.41, 5.74) is 1.78.